The van der Waals surface area contributed by atoms with Crippen LogP contribution in [0.3, 0.4) is 0 Å². The number of benzene rings is 4. The summed E-state index contributed by atoms with van der Waals surface area (Å²) in [4.78, 5) is 6.10. The van der Waals surface area contributed by atoms with Crippen molar-refractivity contribution in [2.45, 2.75) is 19.3 Å². The highest BCUT2D eigenvalue weighted by molar-refractivity contribution is 7.15. The van der Waals surface area contributed by atoms with E-state index in [9.17, 15) is 0 Å². The fourth-order valence-electron chi connectivity index (χ4n) is 5.45. The minimum atomic E-state index is -0.0243. The standard InChI is InChI=1S/C30H22N2S/c1-30(2)25-10-6-5-9-23(25)24-14-13-22(18-26(24)30)28-27(31-29-32(28)15-16-33-29)21-12-11-19-7-3-4-8-20(19)17-21/h3-18H,1-2H3. The third-order valence-electron chi connectivity index (χ3n) is 7.14. The highest BCUT2D eigenvalue weighted by Crippen LogP contribution is 2.50. The van der Waals surface area contributed by atoms with Gasteiger partial charge in [0.05, 0.1) is 11.4 Å². The summed E-state index contributed by atoms with van der Waals surface area (Å²) < 4.78 is 2.24. The maximum absolute atomic E-state index is 5.08. The maximum atomic E-state index is 5.08. The Kier molecular flexibility index (Phi) is 3.80. The average Bonchev–Trinajstić information content (AvgIpc) is 3.50. The van der Waals surface area contributed by atoms with Gasteiger partial charge in [-0.25, -0.2) is 4.98 Å². The molecule has 6 aromatic rings. The minimum Gasteiger partial charge on any atom is -0.290 e. The van der Waals surface area contributed by atoms with Gasteiger partial charge in [-0.1, -0.05) is 86.6 Å². The zero-order valence-electron chi connectivity index (χ0n) is 18.5. The lowest BCUT2D eigenvalue weighted by atomic mass is 9.82. The van der Waals surface area contributed by atoms with E-state index in [1.165, 1.54) is 38.6 Å². The van der Waals surface area contributed by atoms with Crippen molar-refractivity contribution in [3.63, 3.8) is 0 Å². The highest BCUT2D eigenvalue weighted by Gasteiger charge is 2.35. The summed E-state index contributed by atoms with van der Waals surface area (Å²) in [6.07, 6.45) is 2.14. The van der Waals surface area contributed by atoms with Crippen molar-refractivity contribution >= 4 is 27.1 Å². The summed E-state index contributed by atoms with van der Waals surface area (Å²) in [6.45, 7) is 4.67. The molecule has 0 saturated carbocycles. The van der Waals surface area contributed by atoms with Crippen LogP contribution in [0, 0.1) is 0 Å². The monoisotopic (exact) mass is 442 g/mol. The number of imidazole rings is 1. The molecule has 7 rings (SSSR count). The van der Waals surface area contributed by atoms with E-state index in [0.717, 1.165) is 21.9 Å². The lowest BCUT2D eigenvalue weighted by molar-refractivity contribution is 0.660. The van der Waals surface area contributed by atoms with Gasteiger partial charge in [0.25, 0.3) is 0 Å². The molecule has 4 aromatic carbocycles. The molecule has 1 aliphatic carbocycles. The molecule has 0 atom stereocenters. The Morgan fingerprint density at radius 1 is 0.727 bits per heavy atom. The Morgan fingerprint density at radius 2 is 1.48 bits per heavy atom. The zero-order valence-corrected chi connectivity index (χ0v) is 19.4. The maximum Gasteiger partial charge on any atom is 0.194 e. The van der Waals surface area contributed by atoms with E-state index in [1.807, 2.05) is 0 Å². The van der Waals surface area contributed by atoms with Crippen LogP contribution in [0.4, 0.5) is 0 Å². The van der Waals surface area contributed by atoms with Crippen LogP contribution in [0.15, 0.2) is 96.5 Å². The number of hydrogen-bond acceptors (Lipinski definition) is 2. The molecule has 2 nitrogen and oxygen atoms in total. The Morgan fingerprint density at radius 3 is 2.39 bits per heavy atom. The van der Waals surface area contributed by atoms with Crippen molar-refractivity contribution in [3.05, 3.63) is 108 Å². The van der Waals surface area contributed by atoms with Crippen LogP contribution in [0.5, 0.6) is 0 Å². The molecule has 0 radical (unpaired) electrons. The molecule has 2 aromatic heterocycles. The van der Waals surface area contributed by atoms with Gasteiger partial charge < -0.3 is 0 Å². The number of nitrogens with zero attached hydrogens (tertiary/aromatic N) is 2. The van der Waals surface area contributed by atoms with Crippen LogP contribution in [-0.2, 0) is 5.41 Å². The van der Waals surface area contributed by atoms with E-state index in [-0.39, 0.29) is 5.41 Å². The first-order valence-corrected chi connectivity index (χ1v) is 12.2. The first kappa shape index (κ1) is 18.8. The largest absolute Gasteiger partial charge is 0.290 e. The van der Waals surface area contributed by atoms with Crippen LogP contribution in [-0.4, -0.2) is 9.38 Å². The lowest BCUT2D eigenvalue weighted by Crippen LogP contribution is -2.14. The molecular weight excluding hydrogens is 420 g/mol. The van der Waals surface area contributed by atoms with Crippen LogP contribution < -0.4 is 0 Å². The minimum absolute atomic E-state index is 0.0243. The van der Waals surface area contributed by atoms with Gasteiger partial charge in [0.15, 0.2) is 4.96 Å². The van der Waals surface area contributed by atoms with Crippen molar-refractivity contribution in [1.29, 1.82) is 0 Å². The Hall–Kier alpha value is -3.69. The van der Waals surface area contributed by atoms with Crippen molar-refractivity contribution in [1.82, 2.24) is 9.38 Å². The van der Waals surface area contributed by atoms with Crippen LogP contribution in [0.2, 0.25) is 0 Å². The molecule has 158 valence electrons. The molecular formula is C30H22N2S. The molecule has 3 heteroatoms. The van der Waals surface area contributed by atoms with Gasteiger partial charge in [-0.2, -0.15) is 0 Å². The third kappa shape index (κ3) is 2.63. The molecule has 33 heavy (non-hydrogen) atoms. The molecule has 1 aliphatic rings. The summed E-state index contributed by atoms with van der Waals surface area (Å²) >= 11 is 1.68. The van der Waals surface area contributed by atoms with Gasteiger partial charge in [0.2, 0.25) is 0 Å². The summed E-state index contributed by atoms with van der Waals surface area (Å²) in [5.41, 5.74) is 10.0. The Balaban J connectivity index is 1.47. The quantitative estimate of drug-likeness (QED) is 0.264. The molecule has 0 bridgehead atoms. The van der Waals surface area contributed by atoms with Crippen LogP contribution in [0.1, 0.15) is 25.0 Å². The van der Waals surface area contributed by atoms with Crippen LogP contribution >= 0.6 is 11.3 Å². The summed E-state index contributed by atoms with van der Waals surface area (Å²) in [7, 11) is 0. The fourth-order valence-corrected chi connectivity index (χ4v) is 6.17. The smallest absolute Gasteiger partial charge is 0.194 e. The highest BCUT2D eigenvalue weighted by atomic mass is 32.1. The van der Waals surface area contributed by atoms with E-state index in [4.69, 9.17) is 4.98 Å². The second-order valence-corrected chi connectivity index (χ2v) is 10.2. The molecule has 0 amide bonds. The molecule has 0 saturated heterocycles. The number of thiazole rings is 1. The van der Waals surface area contributed by atoms with Crippen molar-refractivity contribution in [2.24, 2.45) is 0 Å². The first-order valence-electron chi connectivity index (χ1n) is 11.3. The molecule has 2 heterocycles. The van der Waals surface area contributed by atoms with Crippen LogP contribution in [0.25, 0.3) is 49.4 Å². The molecule has 0 spiro atoms. The normalized spacial score (nSPS) is 14.0. The lowest BCUT2D eigenvalue weighted by Gasteiger charge is -2.22. The van der Waals surface area contributed by atoms with Crippen molar-refractivity contribution < 1.29 is 0 Å². The van der Waals surface area contributed by atoms with Gasteiger partial charge in [-0.15, -0.1) is 11.3 Å². The fraction of sp³-hybridized carbons (Fsp3) is 0.100. The average molecular weight is 443 g/mol. The summed E-state index contributed by atoms with van der Waals surface area (Å²) in [5, 5.41) is 4.60. The van der Waals surface area contributed by atoms with E-state index in [0.29, 0.717) is 0 Å². The van der Waals surface area contributed by atoms with E-state index in [1.54, 1.807) is 11.3 Å². The van der Waals surface area contributed by atoms with Gasteiger partial charge in [0, 0.05) is 28.1 Å². The number of fused-ring (bicyclic) bond motifs is 5. The number of rotatable bonds is 2. The van der Waals surface area contributed by atoms with Gasteiger partial charge in [-0.3, -0.25) is 4.40 Å². The molecule has 0 N–H and O–H groups in total. The summed E-state index contributed by atoms with van der Waals surface area (Å²) in [5.74, 6) is 0. The predicted molar refractivity (Wildman–Crippen MR) is 139 cm³/mol. The zero-order chi connectivity index (χ0) is 22.2. The van der Waals surface area contributed by atoms with Crippen molar-refractivity contribution in [2.75, 3.05) is 0 Å². The first-order chi connectivity index (χ1) is 16.1. The Bertz CT molecular complexity index is 1700. The van der Waals surface area contributed by atoms with Gasteiger partial charge >= 0.3 is 0 Å². The third-order valence-corrected chi connectivity index (χ3v) is 7.90. The Labute approximate surface area is 196 Å². The molecule has 0 unspecified atom stereocenters. The number of aromatic nitrogens is 2. The SMILES string of the molecule is CC1(C)c2ccccc2-c2ccc(-c3c(-c4ccc5ccccc5c4)nc4sccn34)cc21. The molecule has 0 fully saturated rings. The van der Waals surface area contributed by atoms with Crippen molar-refractivity contribution in [3.8, 4) is 33.6 Å². The number of hydrogen-bond donors (Lipinski definition) is 0. The molecule has 0 aliphatic heterocycles. The second-order valence-electron chi connectivity index (χ2n) is 9.36. The van der Waals surface area contributed by atoms with Gasteiger partial charge in [-0.05, 0) is 45.2 Å². The topological polar surface area (TPSA) is 17.3 Å². The van der Waals surface area contributed by atoms with Gasteiger partial charge in [0.1, 0.15) is 0 Å². The second kappa shape index (κ2) is 6.66. The van der Waals surface area contributed by atoms with E-state index in [2.05, 4.69) is 115 Å². The summed E-state index contributed by atoms with van der Waals surface area (Å²) in [6, 6.07) is 30.9. The van der Waals surface area contributed by atoms with E-state index < -0.39 is 0 Å². The van der Waals surface area contributed by atoms with E-state index >= 15 is 0 Å². The predicted octanol–water partition coefficient (Wildman–Crippen LogP) is 8.19.